The summed E-state index contributed by atoms with van der Waals surface area (Å²) in [6.45, 7) is 9.25. The fourth-order valence-electron chi connectivity index (χ4n) is 2.41. The highest BCUT2D eigenvalue weighted by molar-refractivity contribution is 5.75. The van der Waals surface area contributed by atoms with Crippen molar-refractivity contribution in [3.63, 3.8) is 0 Å². The summed E-state index contributed by atoms with van der Waals surface area (Å²) in [5, 5.41) is 12.7. The van der Waals surface area contributed by atoms with Gasteiger partial charge in [-0.1, -0.05) is 0 Å². The lowest BCUT2D eigenvalue weighted by Crippen LogP contribution is -2.42. The van der Waals surface area contributed by atoms with Gasteiger partial charge in [-0.2, -0.15) is 0 Å². The molecule has 1 heterocycles. The van der Waals surface area contributed by atoms with Crippen molar-refractivity contribution in [1.82, 2.24) is 10.2 Å². The Kier molecular flexibility index (Phi) is 5.40. The molecule has 1 saturated heterocycles. The molecule has 17 heavy (non-hydrogen) atoms. The zero-order chi connectivity index (χ0) is 12.9. The van der Waals surface area contributed by atoms with Gasteiger partial charge in [0.2, 0.25) is 5.91 Å². The van der Waals surface area contributed by atoms with E-state index in [0.717, 1.165) is 32.5 Å². The summed E-state index contributed by atoms with van der Waals surface area (Å²) in [6.07, 6.45) is 2.64. The number of nitrogens with one attached hydrogen (secondary N) is 1. The van der Waals surface area contributed by atoms with E-state index in [1.54, 1.807) is 0 Å². The van der Waals surface area contributed by atoms with Gasteiger partial charge in [-0.25, -0.2) is 0 Å². The van der Waals surface area contributed by atoms with E-state index < -0.39 is 5.60 Å². The standard InChI is InChI=1S/C13H26N2O2/c1-4-14-12(16)7-10-15-8-5-11(6-9-15)13(2,3)17/h11,17H,4-10H2,1-3H3,(H,14,16). The van der Waals surface area contributed by atoms with Crippen molar-refractivity contribution in [2.45, 2.75) is 45.6 Å². The molecule has 0 radical (unpaired) electrons. The number of hydrogen-bond acceptors (Lipinski definition) is 3. The molecule has 0 aromatic rings. The maximum Gasteiger partial charge on any atom is 0.221 e. The first-order chi connectivity index (χ1) is 7.93. The van der Waals surface area contributed by atoms with Crippen LogP contribution in [0.15, 0.2) is 0 Å². The molecule has 2 N–H and O–H groups in total. The van der Waals surface area contributed by atoms with Crippen molar-refractivity contribution >= 4 is 5.91 Å². The quantitative estimate of drug-likeness (QED) is 0.756. The molecule has 100 valence electrons. The third kappa shape index (κ3) is 5.04. The maximum absolute atomic E-state index is 11.3. The molecule has 0 unspecified atom stereocenters. The first-order valence-corrected chi connectivity index (χ1v) is 6.65. The van der Waals surface area contributed by atoms with E-state index in [0.29, 0.717) is 18.9 Å². The molecule has 0 bridgehead atoms. The lowest BCUT2D eigenvalue weighted by molar-refractivity contribution is -0.121. The number of rotatable bonds is 5. The molecule has 0 saturated carbocycles. The van der Waals surface area contributed by atoms with Crippen LogP contribution in [0.1, 0.15) is 40.0 Å². The molecule has 1 amide bonds. The average Bonchev–Trinajstić information content (AvgIpc) is 2.26. The first-order valence-electron chi connectivity index (χ1n) is 6.65. The van der Waals surface area contributed by atoms with Crippen molar-refractivity contribution in [1.29, 1.82) is 0 Å². The minimum absolute atomic E-state index is 0.136. The van der Waals surface area contributed by atoms with E-state index >= 15 is 0 Å². The molecule has 1 rings (SSSR count). The Morgan fingerprint density at radius 2 is 2.00 bits per heavy atom. The number of carbonyl (C=O) groups excluding carboxylic acids is 1. The highest BCUT2D eigenvalue weighted by Crippen LogP contribution is 2.27. The number of nitrogens with zero attached hydrogens (tertiary/aromatic N) is 1. The van der Waals surface area contributed by atoms with Gasteiger partial charge in [0.1, 0.15) is 0 Å². The van der Waals surface area contributed by atoms with Gasteiger partial charge in [0.25, 0.3) is 0 Å². The number of carbonyl (C=O) groups is 1. The second-order valence-corrected chi connectivity index (χ2v) is 5.47. The van der Waals surface area contributed by atoms with Crippen LogP contribution in [0.5, 0.6) is 0 Å². The van der Waals surface area contributed by atoms with E-state index in [9.17, 15) is 9.90 Å². The molecule has 0 aromatic heterocycles. The van der Waals surface area contributed by atoms with Crippen LogP contribution in [-0.2, 0) is 4.79 Å². The van der Waals surface area contributed by atoms with E-state index in [1.807, 2.05) is 20.8 Å². The molecular formula is C13H26N2O2. The molecule has 0 aromatic carbocycles. The lowest BCUT2D eigenvalue weighted by atomic mass is 9.83. The number of piperidine rings is 1. The van der Waals surface area contributed by atoms with Crippen molar-refractivity contribution in [3.8, 4) is 0 Å². The summed E-state index contributed by atoms with van der Waals surface area (Å²) >= 11 is 0. The fraction of sp³-hybridized carbons (Fsp3) is 0.923. The smallest absolute Gasteiger partial charge is 0.221 e. The highest BCUT2D eigenvalue weighted by atomic mass is 16.3. The Bertz CT molecular complexity index is 240. The third-order valence-corrected chi connectivity index (χ3v) is 3.62. The van der Waals surface area contributed by atoms with Crippen LogP contribution in [0.25, 0.3) is 0 Å². The van der Waals surface area contributed by atoms with E-state index in [-0.39, 0.29) is 5.91 Å². The fourth-order valence-corrected chi connectivity index (χ4v) is 2.41. The normalized spacial score (nSPS) is 19.3. The summed E-state index contributed by atoms with van der Waals surface area (Å²) in [7, 11) is 0. The number of likely N-dealkylation sites (tertiary alicyclic amines) is 1. The van der Waals surface area contributed by atoms with Crippen LogP contribution in [0.3, 0.4) is 0 Å². The van der Waals surface area contributed by atoms with Crippen molar-refractivity contribution < 1.29 is 9.90 Å². The van der Waals surface area contributed by atoms with Gasteiger partial charge in [-0.05, 0) is 52.6 Å². The summed E-state index contributed by atoms with van der Waals surface area (Å²) in [6, 6.07) is 0. The maximum atomic E-state index is 11.3. The lowest BCUT2D eigenvalue weighted by Gasteiger charge is -2.37. The largest absolute Gasteiger partial charge is 0.390 e. The minimum atomic E-state index is -0.564. The molecule has 1 aliphatic rings. The number of aliphatic hydroxyl groups is 1. The molecule has 0 spiro atoms. The Morgan fingerprint density at radius 1 is 1.41 bits per heavy atom. The van der Waals surface area contributed by atoms with Crippen molar-refractivity contribution in [2.24, 2.45) is 5.92 Å². The van der Waals surface area contributed by atoms with Crippen LogP contribution < -0.4 is 5.32 Å². The van der Waals surface area contributed by atoms with Crippen LogP contribution in [0.2, 0.25) is 0 Å². The summed E-state index contributed by atoms with van der Waals surface area (Å²) in [5.74, 6) is 0.528. The number of amides is 1. The topological polar surface area (TPSA) is 52.6 Å². The van der Waals surface area contributed by atoms with Gasteiger partial charge in [0.05, 0.1) is 5.60 Å². The molecule has 4 heteroatoms. The van der Waals surface area contributed by atoms with Crippen LogP contribution in [0.4, 0.5) is 0 Å². The predicted molar refractivity (Wildman–Crippen MR) is 68.8 cm³/mol. The van der Waals surface area contributed by atoms with Crippen LogP contribution >= 0.6 is 0 Å². The molecule has 1 aliphatic heterocycles. The van der Waals surface area contributed by atoms with Gasteiger partial charge >= 0.3 is 0 Å². The van der Waals surface area contributed by atoms with E-state index in [2.05, 4.69) is 10.2 Å². The summed E-state index contributed by atoms with van der Waals surface area (Å²) in [5.41, 5.74) is -0.564. The minimum Gasteiger partial charge on any atom is -0.390 e. The predicted octanol–water partition coefficient (Wildman–Crippen LogP) is 0.995. The summed E-state index contributed by atoms with van der Waals surface area (Å²) in [4.78, 5) is 13.6. The Balaban J connectivity index is 2.21. The Hall–Kier alpha value is -0.610. The second kappa shape index (κ2) is 6.36. The van der Waals surface area contributed by atoms with Gasteiger partial charge in [-0.3, -0.25) is 4.79 Å². The monoisotopic (exact) mass is 242 g/mol. The molecular weight excluding hydrogens is 216 g/mol. The number of hydrogen-bond donors (Lipinski definition) is 2. The van der Waals surface area contributed by atoms with Crippen molar-refractivity contribution in [2.75, 3.05) is 26.2 Å². The van der Waals surface area contributed by atoms with Crippen LogP contribution in [0, 0.1) is 5.92 Å². The Morgan fingerprint density at radius 3 is 2.47 bits per heavy atom. The molecule has 0 atom stereocenters. The first kappa shape index (κ1) is 14.5. The summed E-state index contributed by atoms with van der Waals surface area (Å²) < 4.78 is 0. The third-order valence-electron chi connectivity index (χ3n) is 3.62. The van der Waals surface area contributed by atoms with E-state index in [1.165, 1.54) is 0 Å². The second-order valence-electron chi connectivity index (χ2n) is 5.47. The zero-order valence-electron chi connectivity index (χ0n) is 11.3. The van der Waals surface area contributed by atoms with Crippen LogP contribution in [-0.4, -0.2) is 47.7 Å². The highest BCUT2D eigenvalue weighted by Gasteiger charge is 2.30. The van der Waals surface area contributed by atoms with Gasteiger partial charge < -0.3 is 15.3 Å². The van der Waals surface area contributed by atoms with Gasteiger partial charge in [0, 0.05) is 19.5 Å². The Labute approximate surface area is 104 Å². The van der Waals surface area contributed by atoms with Gasteiger partial charge in [0.15, 0.2) is 0 Å². The molecule has 1 fully saturated rings. The zero-order valence-corrected chi connectivity index (χ0v) is 11.3. The SMILES string of the molecule is CCNC(=O)CCN1CCC(C(C)(C)O)CC1. The van der Waals surface area contributed by atoms with Crippen molar-refractivity contribution in [3.05, 3.63) is 0 Å². The average molecular weight is 242 g/mol. The van der Waals surface area contributed by atoms with Gasteiger partial charge in [-0.15, -0.1) is 0 Å². The molecule has 0 aliphatic carbocycles. The molecule has 4 nitrogen and oxygen atoms in total. The van der Waals surface area contributed by atoms with E-state index in [4.69, 9.17) is 0 Å².